The number of carboxylic acid groups (broad SMARTS) is 1. The van der Waals surface area contributed by atoms with Gasteiger partial charge in [0.05, 0.1) is 22.7 Å². The molecule has 31 heavy (non-hydrogen) atoms. The van der Waals surface area contributed by atoms with Crippen LogP contribution in [0.25, 0.3) is 11.3 Å². The largest absolute Gasteiger partial charge is 0.478 e. The summed E-state index contributed by atoms with van der Waals surface area (Å²) in [6.07, 6.45) is 6.43. The van der Waals surface area contributed by atoms with Crippen LogP contribution in [0.4, 0.5) is 0 Å². The van der Waals surface area contributed by atoms with Crippen molar-refractivity contribution in [2.45, 2.75) is 51.9 Å². The van der Waals surface area contributed by atoms with Crippen molar-refractivity contribution < 1.29 is 14.7 Å². The molecular formula is C25H27N3O3. The summed E-state index contributed by atoms with van der Waals surface area (Å²) in [7, 11) is 0. The van der Waals surface area contributed by atoms with Crippen LogP contribution in [-0.2, 0) is 16.0 Å². The molecule has 0 unspecified atom stereocenters. The van der Waals surface area contributed by atoms with E-state index in [9.17, 15) is 20.0 Å². The third kappa shape index (κ3) is 4.83. The molecule has 2 aromatic rings. The first kappa shape index (κ1) is 22.2. The van der Waals surface area contributed by atoms with E-state index in [-0.39, 0.29) is 12.0 Å². The van der Waals surface area contributed by atoms with Crippen LogP contribution >= 0.6 is 0 Å². The van der Waals surface area contributed by atoms with Crippen molar-refractivity contribution in [3.8, 4) is 17.3 Å². The number of carboxylic acids is 1. The second-order valence-corrected chi connectivity index (χ2v) is 8.05. The zero-order chi connectivity index (χ0) is 22.4. The Balaban J connectivity index is 1.93. The minimum absolute atomic E-state index is 0.180. The van der Waals surface area contributed by atoms with Crippen LogP contribution in [0.2, 0.25) is 0 Å². The van der Waals surface area contributed by atoms with E-state index in [1.807, 2.05) is 18.2 Å². The maximum Gasteiger partial charge on any atom is 0.331 e. The van der Waals surface area contributed by atoms with Gasteiger partial charge in [-0.3, -0.25) is 9.78 Å². The Bertz CT molecular complexity index is 1040. The van der Waals surface area contributed by atoms with Gasteiger partial charge in [0, 0.05) is 23.8 Å². The summed E-state index contributed by atoms with van der Waals surface area (Å²) < 4.78 is 0. The third-order valence-corrected chi connectivity index (χ3v) is 5.98. The summed E-state index contributed by atoms with van der Waals surface area (Å²) >= 11 is 0. The molecule has 1 amide bonds. The van der Waals surface area contributed by atoms with E-state index < -0.39 is 17.3 Å². The van der Waals surface area contributed by atoms with Crippen molar-refractivity contribution in [3.05, 3.63) is 64.9 Å². The first-order valence-electron chi connectivity index (χ1n) is 10.6. The third-order valence-electron chi connectivity index (χ3n) is 5.98. The number of pyridine rings is 1. The SMILES string of the molecule is CCCCC/C(=C(/Cc1ccc(-c2ccccc2C#N)nc1)C(=O)O)C1(C(N)=O)CC1. The number of hydrogen-bond acceptors (Lipinski definition) is 4. The minimum atomic E-state index is -1.02. The monoisotopic (exact) mass is 417 g/mol. The maximum absolute atomic E-state index is 12.2. The molecule has 3 rings (SSSR count). The quantitative estimate of drug-likeness (QED) is 0.439. The fourth-order valence-electron chi connectivity index (χ4n) is 4.06. The predicted octanol–water partition coefficient (Wildman–Crippen LogP) is 4.39. The molecule has 1 aromatic heterocycles. The van der Waals surface area contributed by atoms with Gasteiger partial charge in [-0.1, -0.05) is 44.0 Å². The number of rotatable bonds is 10. The molecule has 1 aliphatic carbocycles. The van der Waals surface area contributed by atoms with Crippen LogP contribution < -0.4 is 5.73 Å². The van der Waals surface area contributed by atoms with E-state index >= 15 is 0 Å². The number of primary amides is 1. The first-order valence-corrected chi connectivity index (χ1v) is 10.6. The highest BCUT2D eigenvalue weighted by Gasteiger charge is 2.52. The molecule has 1 fully saturated rings. The standard InChI is InChI=1S/C25H27N3O3/c1-2-3-4-9-21(25(12-13-25)24(27)31)20(23(29)30)14-17-10-11-22(28-16-17)19-8-6-5-7-18(19)15-26/h5-8,10-11,16H,2-4,9,12-14H2,1H3,(H2,27,31)(H,29,30)/b21-20+. The highest BCUT2D eigenvalue weighted by Crippen LogP contribution is 2.54. The number of aliphatic carboxylic acids is 1. The number of carbonyl (C=O) groups is 2. The van der Waals surface area contributed by atoms with Crippen LogP contribution in [0.1, 0.15) is 56.6 Å². The summed E-state index contributed by atoms with van der Waals surface area (Å²) in [6.45, 7) is 2.08. The van der Waals surface area contributed by atoms with Gasteiger partial charge < -0.3 is 10.8 Å². The van der Waals surface area contributed by atoms with E-state index in [0.29, 0.717) is 36.1 Å². The lowest BCUT2D eigenvalue weighted by Crippen LogP contribution is -2.29. The van der Waals surface area contributed by atoms with Gasteiger partial charge in [-0.25, -0.2) is 4.79 Å². The van der Waals surface area contributed by atoms with Crippen molar-refractivity contribution in [2.24, 2.45) is 11.1 Å². The van der Waals surface area contributed by atoms with Crippen LogP contribution in [0, 0.1) is 16.7 Å². The van der Waals surface area contributed by atoms with Crippen molar-refractivity contribution in [3.63, 3.8) is 0 Å². The van der Waals surface area contributed by atoms with Crippen molar-refractivity contribution in [1.29, 1.82) is 5.26 Å². The van der Waals surface area contributed by atoms with Gasteiger partial charge in [-0.15, -0.1) is 0 Å². The van der Waals surface area contributed by atoms with Gasteiger partial charge in [0.25, 0.3) is 0 Å². The molecule has 6 heteroatoms. The normalized spacial score (nSPS) is 15.0. The Morgan fingerprint density at radius 1 is 1.19 bits per heavy atom. The molecule has 0 saturated heterocycles. The molecule has 1 aromatic carbocycles. The number of carbonyl (C=O) groups excluding carboxylic acids is 1. The lowest BCUT2D eigenvalue weighted by atomic mass is 9.84. The molecule has 0 spiro atoms. The van der Waals surface area contributed by atoms with Gasteiger partial charge in [0.1, 0.15) is 0 Å². The Morgan fingerprint density at radius 2 is 1.94 bits per heavy atom. The van der Waals surface area contributed by atoms with Gasteiger partial charge in [0.15, 0.2) is 0 Å². The zero-order valence-electron chi connectivity index (χ0n) is 17.7. The average Bonchev–Trinajstić information content (AvgIpc) is 3.58. The van der Waals surface area contributed by atoms with Gasteiger partial charge in [-0.2, -0.15) is 5.26 Å². The van der Waals surface area contributed by atoms with E-state index in [2.05, 4.69) is 18.0 Å². The molecule has 0 atom stereocenters. The van der Waals surface area contributed by atoms with E-state index in [4.69, 9.17) is 5.73 Å². The number of nitrogens with two attached hydrogens (primary N) is 1. The van der Waals surface area contributed by atoms with E-state index in [1.165, 1.54) is 0 Å². The number of nitrogens with zero attached hydrogens (tertiary/aromatic N) is 2. The molecule has 6 nitrogen and oxygen atoms in total. The highest BCUT2D eigenvalue weighted by molar-refractivity contribution is 5.94. The molecule has 1 saturated carbocycles. The van der Waals surface area contributed by atoms with Crippen molar-refractivity contribution in [2.75, 3.05) is 0 Å². The number of amides is 1. The van der Waals surface area contributed by atoms with Crippen LogP contribution in [-0.4, -0.2) is 22.0 Å². The molecule has 0 radical (unpaired) electrons. The topological polar surface area (TPSA) is 117 Å². The molecule has 0 aliphatic heterocycles. The van der Waals surface area contributed by atoms with Crippen LogP contribution in [0.15, 0.2) is 53.7 Å². The number of hydrogen-bond donors (Lipinski definition) is 2. The van der Waals surface area contributed by atoms with E-state index in [0.717, 1.165) is 30.4 Å². The highest BCUT2D eigenvalue weighted by atomic mass is 16.4. The fourth-order valence-corrected chi connectivity index (χ4v) is 4.06. The van der Waals surface area contributed by atoms with Gasteiger partial charge in [0.2, 0.25) is 5.91 Å². The summed E-state index contributed by atoms with van der Waals surface area (Å²) in [5.74, 6) is -1.45. The fraction of sp³-hybridized carbons (Fsp3) is 0.360. The number of nitriles is 1. The minimum Gasteiger partial charge on any atom is -0.478 e. The van der Waals surface area contributed by atoms with Gasteiger partial charge >= 0.3 is 5.97 Å². The van der Waals surface area contributed by atoms with Gasteiger partial charge in [-0.05, 0) is 49.0 Å². The lowest BCUT2D eigenvalue weighted by molar-refractivity contribution is -0.132. The van der Waals surface area contributed by atoms with Crippen LogP contribution in [0.3, 0.4) is 0 Å². The molecular weight excluding hydrogens is 390 g/mol. The summed E-state index contributed by atoms with van der Waals surface area (Å²) in [6, 6.07) is 13.0. The van der Waals surface area contributed by atoms with Crippen LogP contribution in [0.5, 0.6) is 0 Å². The Morgan fingerprint density at radius 3 is 2.48 bits per heavy atom. The summed E-state index contributed by atoms with van der Waals surface area (Å²) in [4.78, 5) is 28.8. The molecule has 3 N–H and O–H groups in total. The van der Waals surface area contributed by atoms with E-state index in [1.54, 1.807) is 24.4 Å². The number of unbranched alkanes of at least 4 members (excludes halogenated alkanes) is 2. The zero-order valence-corrected chi connectivity index (χ0v) is 17.7. The molecule has 1 aliphatic rings. The molecule has 0 bridgehead atoms. The Kier molecular flexibility index (Phi) is 6.86. The second kappa shape index (κ2) is 9.57. The number of aromatic nitrogens is 1. The average molecular weight is 418 g/mol. The maximum atomic E-state index is 12.2. The Hall–Kier alpha value is -3.46. The lowest BCUT2D eigenvalue weighted by Gasteiger charge is -2.20. The first-order chi connectivity index (χ1) is 14.9. The molecule has 1 heterocycles. The number of benzene rings is 1. The van der Waals surface area contributed by atoms with Crippen molar-refractivity contribution >= 4 is 11.9 Å². The summed E-state index contributed by atoms with van der Waals surface area (Å²) in [5, 5.41) is 19.3. The predicted molar refractivity (Wildman–Crippen MR) is 118 cm³/mol. The second-order valence-electron chi connectivity index (χ2n) is 8.05. The van der Waals surface area contributed by atoms with Crippen molar-refractivity contribution in [1.82, 2.24) is 4.98 Å². The Labute approximate surface area is 182 Å². The summed E-state index contributed by atoms with van der Waals surface area (Å²) in [5.41, 5.74) is 8.46. The smallest absolute Gasteiger partial charge is 0.331 e. The molecule has 160 valence electrons.